The number of aryl methyl sites for hydroxylation is 1. The number of hydrogen-bond donors (Lipinski definition) is 1. The van der Waals surface area contributed by atoms with Gasteiger partial charge >= 0.3 is 0 Å². The molecular formula is C27H32N6O2. The van der Waals surface area contributed by atoms with Crippen molar-refractivity contribution in [2.75, 3.05) is 31.6 Å². The molecule has 2 unspecified atom stereocenters. The molecule has 0 spiro atoms. The number of anilines is 1. The average molecular weight is 473 g/mol. The lowest BCUT2D eigenvalue weighted by molar-refractivity contribution is -0.130. The van der Waals surface area contributed by atoms with Crippen molar-refractivity contribution in [1.29, 1.82) is 0 Å². The molecule has 0 radical (unpaired) electrons. The van der Waals surface area contributed by atoms with Crippen LogP contribution in [-0.2, 0) is 11.3 Å². The molecule has 8 heteroatoms. The number of carbonyl (C=O) groups excluding carboxylic acids is 1. The molecule has 1 aliphatic carbocycles. The van der Waals surface area contributed by atoms with Crippen LogP contribution in [0.15, 0.2) is 41.3 Å². The summed E-state index contributed by atoms with van der Waals surface area (Å²) >= 11 is 0. The number of hydrogen-bond acceptors (Lipinski definition) is 6. The fourth-order valence-electron chi connectivity index (χ4n) is 6.10. The summed E-state index contributed by atoms with van der Waals surface area (Å²) in [5.74, 6) is 1.93. The lowest BCUT2D eigenvalue weighted by Gasteiger charge is -2.20. The van der Waals surface area contributed by atoms with E-state index in [4.69, 9.17) is 4.98 Å². The van der Waals surface area contributed by atoms with Crippen LogP contribution in [0.5, 0.6) is 0 Å². The number of benzene rings is 1. The van der Waals surface area contributed by atoms with Crippen molar-refractivity contribution in [2.45, 2.75) is 45.6 Å². The molecule has 3 fully saturated rings. The van der Waals surface area contributed by atoms with E-state index in [9.17, 15) is 9.59 Å². The summed E-state index contributed by atoms with van der Waals surface area (Å²) in [6.45, 7) is 5.48. The molecule has 4 heterocycles. The summed E-state index contributed by atoms with van der Waals surface area (Å²) in [4.78, 5) is 38.1. The predicted octanol–water partition coefficient (Wildman–Crippen LogP) is 3.45. The summed E-state index contributed by atoms with van der Waals surface area (Å²) < 4.78 is 1.54. The van der Waals surface area contributed by atoms with Crippen LogP contribution in [0.3, 0.4) is 0 Å². The molecule has 2 aromatic heterocycles. The van der Waals surface area contributed by atoms with E-state index in [1.807, 2.05) is 42.2 Å². The predicted molar refractivity (Wildman–Crippen MR) is 136 cm³/mol. The van der Waals surface area contributed by atoms with Gasteiger partial charge in [0, 0.05) is 43.3 Å². The van der Waals surface area contributed by atoms with E-state index in [2.05, 4.69) is 15.4 Å². The van der Waals surface area contributed by atoms with E-state index in [1.54, 1.807) is 10.8 Å². The fourth-order valence-corrected chi connectivity index (χ4v) is 6.10. The normalized spacial score (nSPS) is 22.1. The van der Waals surface area contributed by atoms with Gasteiger partial charge in [0.2, 0.25) is 11.9 Å². The molecule has 1 amide bonds. The molecule has 2 saturated heterocycles. The number of nitrogens with zero attached hydrogens (tertiary/aromatic N) is 5. The second kappa shape index (κ2) is 9.07. The Kier molecular flexibility index (Phi) is 5.76. The van der Waals surface area contributed by atoms with Gasteiger partial charge in [0.1, 0.15) is 12.2 Å². The maximum Gasteiger partial charge on any atom is 0.260 e. The van der Waals surface area contributed by atoms with Crippen LogP contribution in [0, 0.1) is 18.8 Å². The Morgan fingerprint density at radius 1 is 1.06 bits per heavy atom. The maximum atomic E-state index is 13.8. The van der Waals surface area contributed by atoms with Crippen LogP contribution in [-0.4, -0.2) is 56.5 Å². The zero-order valence-corrected chi connectivity index (χ0v) is 20.2. The number of hydrazine groups is 1. The quantitative estimate of drug-likeness (QED) is 0.613. The highest BCUT2D eigenvalue weighted by molar-refractivity contribution is 5.84. The Balaban J connectivity index is 1.39. The highest BCUT2D eigenvalue weighted by Gasteiger charge is 2.36. The SMILES string of the molecule is Cc1ccccc1-c1cc2cnc(NN3CC4CCCC4C3)nc2n(CC(=O)N2CCCC2)c1=O. The van der Waals surface area contributed by atoms with Crippen LogP contribution in [0.4, 0.5) is 5.95 Å². The zero-order valence-electron chi connectivity index (χ0n) is 20.2. The van der Waals surface area contributed by atoms with Gasteiger partial charge in [0.05, 0.1) is 0 Å². The van der Waals surface area contributed by atoms with Gasteiger partial charge in [-0.3, -0.25) is 19.6 Å². The summed E-state index contributed by atoms with van der Waals surface area (Å²) in [5.41, 5.74) is 6.13. The van der Waals surface area contributed by atoms with Gasteiger partial charge < -0.3 is 4.90 Å². The number of nitrogens with one attached hydrogen (secondary N) is 1. The Morgan fingerprint density at radius 2 is 1.80 bits per heavy atom. The number of aromatic nitrogens is 3. The topological polar surface area (TPSA) is 83.4 Å². The summed E-state index contributed by atoms with van der Waals surface area (Å²) in [6.07, 6.45) is 7.70. The largest absolute Gasteiger partial charge is 0.341 e. The number of rotatable bonds is 5. The maximum absolute atomic E-state index is 13.8. The minimum atomic E-state index is -0.195. The molecule has 3 aromatic rings. The van der Waals surface area contributed by atoms with E-state index in [0.717, 1.165) is 67.4 Å². The molecule has 1 N–H and O–H groups in total. The van der Waals surface area contributed by atoms with Gasteiger partial charge in [-0.05, 0) is 61.6 Å². The number of amides is 1. The average Bonchev–Trinajstić information content (AvgIpc) is 3.60. The minimum Gasteiger partial charge on any atom is -0.341 e. The van der Waals surface area contributed by atoms with Crippen LogP contribution in [0.25, 0.3) is 22.2 Å². The van der Waals surface area contributed by atoms with Gasteiger partial charge in [-0.15, -0.1) is 0 Å². The molecule has 1 aromatic carbocycles. The lowest BCUT2D eigenvalue weighted by Crippen LogP contribution is -2.35. The molecule has 8 nitrogen and oxygen atoms in total. The van der Waals surface area contributed by atoms with E-state index < -0.39 is 0 Å². The van der Waals surface area contributed by atoms with E-state index in [1.165, 1.54) is 19.3 Å². The second-order valence-electron chi connectivity index (χ2n) is 10.3. The second-order valence-corrected chi connectivity index (χ2v) is 10.3. The Morgan fingerprint density at radius 3 is 2.54 bits per heavy atom. The summed E-state index contributed by atoms with van der Waals surface area (Å²) in [6, 6.07) is 9.70. The molecular weight excluding hydrogens is 440 g/mol. The number of carbonyl (C=O) groups is 1. The number of fused-ring (bicyclic) bond motifs is 2. The number of likely N-dealkylation sites (tertiary alicyclic amines) is 1. The minimum absolute atomic E-state index is 0.0145. The molecule has 0 bridgehead atoms. The summed E-state index contributed by atoms with van der Waals surface area (Å²) in [7, 11) is 0. The highest BCUT2D eigenvalue weighted by Crippen LogP contribution is 2.37. The van der Waals surface area contributed by atoms with Crippen molar-refractivity contribution < 1.29 is 4.79 Å². The molecule has 6 rings (SSSR count). The van der Waals surface area contributed by atoms with Gasteiger partial charge in [-0.2, -0.15) is 4.98 Å². The molecule has 2 atom stereocenters. The smallest absolute Gasteiger partial charge is 0.260 e. The van der Waals surface area contributed by atoms with Gasteiger partial charge in [0.25, 0.3) is 5.56 Å². The molecule has 1 saturated carbocycles. The van der Waals surface area contributed by atoms with E-state index in [0.29, 0.717) is 17.2 Å². The van der Waals surface area contributed by atoms with E-state index >= 15 is 0 Å². The fraction of sp³-hybridized carbons (Fsp3) is 0.481. The van der Waals surface area contributed by atoms with Crippen molar-refractivity contribution in [1.82, 2.24) is 24.4 Å². The third kappa shape index (κ3) is 4.20. The van der Waals surface area contributed by atoms with Crippen LogP contribution >= 0.6 is 0 Å². The standard InChI is InChI=1S/C27H32N6O2/c1-18-7-2-3-10-22(18)23-13-21-14-28-27(30-32-15-19-8-6-9-20(19)16-32)29-25(21)33(26(23)35)17-24(34)31-11-4-5-12-31/h2-3,7,10,13-14,19-20H,4-6,8-9,11-12,15-17H2,1H3,(H,28,29,30). The summed E-state index contributed by atoms with van der Waals surface area (Å²) in [5, 5.41) is 2.95. The lowest BCUT2D eigenvalue weighted by atomic mass is 10.0. The zero-order chi connectivity index (χ0) is 23.9. The molecule has 2 aliphatic heterocycles. The van der Waals surface area contributed by atoms with Crippen LogP contribution in [0.2, 0.25) is 0 Å². The first-order chi connectivity index (χ1) is 17.1. The molecule has 3 aliphatic rings. The monoisotopic (exact) mass is 472 g/mol. The first kappa shape index (κ1) is 22.2. The van der Waals surface area contributed by atoms with Gasteiger partial charge in [0.15, 0.2) is 0 Å². The Labute approximate surface area is 204 Å². The van der Waals surface area contributed by atoms with Gasteiger partial charge in [-0.1, -0.05) is 30.7 Å². The first-order valence-electron chi connectivity index (χ1n) is 12.8. The first-order valence-corrected chi connectivity index (χ1v) is 12.8. The molecule has 182 valence electrons. The van der Waals surface area contributed by atoms with Gasteiger partial charge in [-0.25, -0.2) is 9.99 Å². The van der Waals surface area contributed by atoms with Crippen molar-refractivity contribution in [2.24, 2.45) is 11.8 Å². The van der Waals surface area contributed by atoms with Crippen LogP contribution in [0.1, 0.15) is 37.7 Å². The Hall–Kier alpha value is -3.26. The third-order valence-electron chi connectivity index (χ3n) is 8.00. The number of pyridine rings is 1. The Bertz CT molecular complexity index is 1320. The van der Waals surface area contributed by atoms with Crippen molar-refractivity contribution in [3.63, 3.8) is 0 Å². The van der Waals surface area contributed by atoms with E-state index in [-0.39, 0.29) is 18.0 Å². The van der Waals surface area contributed by atoms with Crippen molar-refractivity contribution >= 4 is 22.9 Å². The van der Waals surface area contributed by atoms with Crippen molar-refractivity contribution in [3.8, 4) is 11.1 Å². The van der Waals surface area contributed by atoms with Crippen molar-refractivity contribution in [3.05, 3.63) is 52.4 Å². The van der Waals surface area contributed by atoms with Crippen LogP contribution < -0.4 is 11.0 Å². The molecule has 35 heavy (non-hydrogen) atoms. The third-order valence-corrected chi connectivity index (χ3v) is 8.00. The highest BCUT2D eigenvalue weighted by atomic mass is 16.2.